The average molecular weight is 163 g/mol. The van der Waals surface area contributed by atoms with Gasteiger partial charge in [0.25, 0.3) is 0 Å². The van der Waals surface area contributed by atoms with E-state index in [1.54, 1.807) is 13.0 Å². The summed E-state index contributed by atoms with van der Waals surface area (Å²) < 4.78 is 12.8. The molecule has 0 bridgehead atoms. The molecule has 0 atom stereocenters. The molecule has 0 N–H and O–H groups in total. The zero-order valence-electron chi connectivity index (χ0n) is 7.18. The monoisotopic (exact) mass is 163 g/mol. The maximum Gasteiger partial charge on any atom is 0.126 e. The van der Waals surface area contributed by atoms with Gasteiger partial charge in [0.05, 0.1) is 0 Å². The van der Waals surface area contributed by atoms with Gasteiger partial charge in [-0.2, -0.15) is 0 Å². The van der Waals surface area contributed by atoms with E-state index in [-0.39, 0.29) is 5.82 Å². The highest BCUT2D eigenvalue weighted by molar-refractivity contribution is 5.50. The Kier molecular flexibility index (Phi) is 3.03. The van der Waals surface area contributed by atoms with E-state index in [2.05, 4.69) is 6.92 Å². The van der Waals surface area contributed by atoms with E-state index in [0.29, 0.717) is 5.56 Å². The molecule has 0 spiro atoms. The largest absolute Gasteiger partial charge is 0.207 e. The fourth-order valence-electron chi connectivity index (χ4n) is 0.991. The Bertz CT molecular complexity index is 287. The summed E-state index contributed by atoms with van der Waals surface area (Å²) in [5, 5.41) is 0. The first-order valence-electron chi connectivity index (χ1n) is 3.96. The van der Waals surface area contributed by atoms with Gasteiger partial charge in [0.15, 0.2) is 0 Å². The van der Waals surface area contributed by atoms with Crippen molar-refractivity contribution in [2.75, 3.05) is 0 Å². The molecule has 0 saturated carbocycles. The fourth-order valence-corrected chi connectivity index (χ4v) is 0.991. The van der Waals surface area contributed by atoms with Gasteiger partial charge in [-0.25, -0.2) is 4.39 Å². The van der Waals surface area contributed by atoms with Crippen LogP contribution in [0.2, 0.25) is 0 Å². The molecule has 0 aliphatic heterocycles. The normalized spacial score (nSPS) is 10.9. The molecule has 0 aromatic heterocycles. The number of hydrogen-bond donors (Lipinski definition) is 0. The van der Waals surface area contributed by atoms with E-state index in [1.165, 1.54) is 6.07 Å². The molecule has 0 nitrogen and oxygen atoms in total. The number of rotatable bonds is 2. The first-order chi connectivity index (χ1) is 5.74. The van der Waals surface area contributed by atoms with Gasteiger partial charge in [0.1, 0.15) is 5.82 Å². The Labute approximate surface area is 72.7 Å². The summed E-state index contributed by atoms with van der Waals surface area (Å²) in [5.41, 5.74) is 1.71. The van der Waals surface area contributed by atoms with Crippen LogP contribution in [0.5, 0.6) is 0 Å². The maximum atomic E-state index is 12.8. The van der Waals surface area contributed by atoms with Crippen LogP contribution in [-0.4, -0.2) is 0 Å². The third-order valence-electron chi connectivity index (χ3n) is 1.66. The summed E-state index contributed by atoms with van der Waals surface area (Å²) in [5.74, 6) is -0.151. The van der Waals surface area contributed by atoms with Crippen LogP contribution in [0.4, 0.5) is 4.39 Å². The van der Waals surface area contributed by atoms with Crippen molar-refractivity contribution in [3.8, 4) is 0 Å². The van der Waals surface area contributed by atoms with Crippen LogP contribution >= 0.6 is 0 Å². The van der Waals surface area contributed by atoms with Crippen molar-refractivity contribution < 1.29 is 4.39 Å². The van der Waals surface area contributed by atoms with Gasteiger partial charge in [-0.05, 0) is 43.5 Å². The Balaban J connectivity index is 2.89. The first kappa shape index (κ1) is 8.98. The van der Waals surface area contributed by atoms with E-state index in [4.69, 9.17) is 0 Å². The lowest BCUT2D eigenvalue weighted by Crippen LogP contribution is -1.81. The topological polar surface area (TPSA) is 0 Å². The number of hydrogen-bond acceptors (Lipinski definition) is 0. The Morgan fingerprint density at radius 2 is 2.25 bits per heavy atom. The minimum absolute atomic E-state index is 0.151. The van der Waals surface area contributed by atoms with Gasteiger partial charge in [-0.3, -0.25) is 0 Å². The lowest BCUT2D eigenvalue weighted by Gasteiger charge is -1.97. The van der Waals surface area contributed by atoms with E-state index in [1.807, 2.05) is 18.2 Å². The van der Waals surface area contributed by atoms with Crippen LogP contribution in [0.1, 0.15) is 17.5 Å². The SMILES string of the molecule is [CH2]CC=Cc1ccc(F)c(C)c1. The smallest absolute Gasteiger partial charge is 0.126 e. The second kappa shape index (κ2) is 4.05. The first-order valence-corrected chi connectivity index (χ1v) is 3.96. The van der Waals surface area contributed by atoms with Gasteiger partial charge in [-0.15, -0.1) is 0 Å². The molecule has 0 aliphatic rings. The molecule has 1 rings (SSSR count). The van der Waals surface area contributed by atoms with Crippen molar-refractivity contribution in [1.29, 1.82) is 0 Å². The predicted molar refractivity (Wildman–Crippen MR) is 50.1 cm³/mol. The molecule has 0 fully saturated rings. The van der Waals surface area contributed by atoms with Gasteiger partial charge in [-0.1, -0.05) is 18.2 Å². The zero-order valence-corrected chi connectivity index (χ0v) is 7.18. The molecule has 1 heteroatoms. The molecular weight excluding hydrogens is 151 g/mol. The zero-order chi connectivity index (χ0) is 8.97. The molecule has 1 aromatic carbocycles. The van der Waals surface area contributed by atoms with E-state index >= 15 is 0 Å². The van der Waals surface area contributed by atoms with Gasteiger partial charge < -0.3 is 0 Å². The minimum atomic E-state index is -0.151. The predicted octanol–water partition coefficient (Wildman–Crippen LogP) is 3.37. The van der Waals surface area contributed by atoms with Gasteiger partial charge >= 0.3 is 0 Å². The van der Waals surface area contributed by atoms with Crippen molar-refractivity contribution in [3.05, 3.63) is 48.1 Å². The standard InChI is InChI=1S/C11H12F/c1-3-4-5-10-6-7-11(12)9(2)8-10/h4-8H,1,3H2,2H3. The third kappa shape index (κ3) is 2.19. The Morgan fingerprint density at radius 1 is 1.50 bits per heavy atom. The van der Waals surface area contributed by atoms with Crippen LogP contribution in [0.15, 0.2) is 24.3 Å². The van der Waals surface area contributed by atoms with Gasteiger partial charge in [0.2, 0.25) is 0 Å². The van der Waals surface area contributed by atoms with E-state index < -0.39 is 0 Å². The van der Waals surface area contributed by atoms with E-state index in [0.717, 1.165) is 12.0 Å². The quantitative estimate of drug-likeness (QED) is 0.627. The number of aryl methyl sites for hydroxylation is 1. The van der Waals surface area contributed by atoms with Crippen molar-refractivity contribution >= 4 is 6.08 Å². The van der Waals surface area contributed by atoms with Crippen molar-refractivity contribution in [2.45, 2.75) is 13.3 Å². The number of halogens is 1. The fraction of sp³-hybridized carbons (Fsp3) is 0.182. The summed E-state index contributed by atoms with van der Waals surface area (Å²) in [6, 6.07) is 5.06. The van der Waals surface area contributed by atoms with Crippen LogP contribution in [0.25, 0.3) is 6.08 Å². The van der Waals surface area contributed by atoms with Crippen LogP contribution < -0.4 is 0 Å². The van der Waals surface area contributed by atoms with E-state index in [9.17, 15) is 4.39 Å². The summed E-state index contributed by atoms with van der Waals surface area (Å²) in [7, 11) is 0. The molecule has 0 aliphatic carbocycles. The molecule has 1 radical (unpaired) electrons. The average Bonchev–Trinajstić information content (AvgIpc) is 2.07. The summed E-state index contributed by atoms with van der Waals surface area (Å²) >= 11 is 0. The van der Waals surface area contributed by atoms with Crippen molar-refractivity contribution in [2.24, 2.45) is 0 Å². The van der Waals surface area contributed by atoms with Crippen LogP contribution in [0, 0.1) is 19.7 Å². The molecule has 0 saturated heterocycles. The van der Waals surface area contributed by atoms with Crippen molar-refractivity contribution in [3.63, 3.8) is 0 Å². The molecule has 0 amide bonds. The summed E-state index contributed by atoms with van der Waals surface area (Å²) in [6.45, 7) is 5.44. The Morgan fingerprint density at radius 3 is 2.83 bits per heavy atom. The molecule has 12 heavy (non-hydrogen) atoms. The highest BCUT2D eigenvalue weighted by Crippen LogP contribution is 2.10. The highest BCUT2D eigenvalue weighted by atomic mass is 19.1. The number of allylic oxidation sites excluding steroid dienone is 1. The molecular formula is C11H12F. The van der Waals surface area contributed by atoms with Crippen LogP contribution in [0.3, 0.4) is 0 Å². The second-order valence-electron chi connectivity index (χ2n) is 2.70. The third-order valence-corrected chi connectivity index (χ3v) is 1.66. The summed E-state index contributed by atoms with van der Waals surface area (Å²) in [4.78, 5) is 0. The van der Waals surface area contributed by atoms with Crippen molar-refractivity contribution in [1.82, 2.24) is 0 Å². The molecule has 1 aromatic rings. The maximum absolute atomic E-state index is 12.8. The summed E-state index contributed by atoms with van der Waals surface area (Å²) in [6.07, 6.45) is 4.66. The molecule has 63 valence electrons. The molecule has 0 heterocycles. The number of benzene rings is 1. The lowest BCUT2D eigenvalue weighted by atomic mass is 10.1. The van der Waals surface area contributed by atoms with Crippen LogP contribution in [-0.2, 0) is 0 Å². The Hall–Kier alpha value is -1.11. The highest BCUT2D eigenvalue weighted by Gasteiger charge is 1.94. The second-order valence-corrected chi connectivity index (χ2v) is 2.70. The minimum Gasteiger partial charge on any atom is -0.207 e. The lowest BCUT2D eigenvalue weighted by molar-refractivity contribution is 0.618. The van der Waals surface area contributed by atoms with Gasteiger partial charge in [0, 0.05) is 0 Å². The molecule has 0 unspecified atom stereocenters.